The van der Waals surface area contributed by atoms with Crippen molar-refractivity contribution in [3.8, 4) is 0 Å². The van der Waals surface area contributed by atoms with Crippen molar-refractivity contribution in [3.63, 3.8) is 0 Å². The van der Waals surface area contributed by atoms with Crippen LogP contribution < -0.4 is 10.2 Å². The largest absolute Gasteiger partial charge is 0.356 e. The van der Waals surface area contributed by atoms with Gasteiger partial charge in [0.15, 0.2) is 0 Å². The summed E-state index contributed by atoms with van der Waals surface area (Å²) in [4.78, 5) is 24.0. The van der Waals surface area contributed by atoms with Crippen LogP contribution in [0.3, 0.4) is 0 Å². The van der Waals surface area contributed by atoms with E-state index in [9.17, 15) is 4.79 Å². The number of anilines is 1. The van der Waals surface area contributed by atoms with Crippen molar-refractivity contribution >= 4 is 23.3 Å². The number of carbonyl (C=O) groups is 1. The topological polar surface area (TPSA) is 58.1 Å². The molecule has 1 aliphatic heterocycles. The van der Waals surface area contributed by atoms with Gasteiger partial charge in [-0.2, -0.15) is 0 Å². The third-order valence-electron chi connectivity index (χ3n) is 5.27. The lowest BCUT2D eigenvalue weighted by Crippen LogP contribution is -2.44. The number of halogens is 1. The summed E-state index contributed by atoms with van der Waals surface area (Å²) < 4.78 is 0. The average Bonchev–Trinajstić information content (AvgIpc) is 2.79. The van der Waals surface area contributed by atoms with Crippen molar-refractivity contribution in [1.29, 1.82) is 0 Å². The van der Waals surface area contributed by atoms with Crippen LogP contribution in [-0.2, 0) is 4.79 Å². The van der Waals surface area contributed by atoms with Gasteiger partial charge >= 0.3 is 0 Å². The molecule has 1 N–H and O–H groups in total. The van der Waals surface area contributed by atoms with Gasteiger partial charge in [0.2, 0.25) is 5.91 Å². The second-order valence-corrected chi connectivity index (χ2v) is 7.69. The first-order valence-electron chi connectivity index (χ1n) is 9.82. The van der Waals surface area contributed by atoms with Crippen molar-refractivity contribution in [2.24, 2.45) is 5.92 Å². The summed E-state index contributed by atoms with van der Waals surface area (Å²) >= 11 is 6.05. The highest BCUT2D eigenvalue weighted by atomic mass is 35.5. The third kappa shape index (κ3) is 4.74. The quantitative estimate of drug-likeness (QED) is 0.688. The summed E-state index contributed by atoms with van der Waals surface area (Å²) in [7, 11) is 0. The molecule has 6 heteroatoms. The van der Waals surface area contributed by atoms with E-state index in [2.05, 4.69) is 20.2 Å². The zero-order valence-corrected chi connectivity index (χ0v) is 16.8. The molecule has 0 spiro atoms. The minimum absolute atomic E-state index is 0.0504. The molecular weight excluding hydrogens is 384 g/mol. The van der Waals surface area contributed by atoms with Gasteiger partial charge in [-0.05, 0) is 54.3 Å². The number of nitrogens with one attached hydrogen (secondary N) is 1. The van der Waals surface area contributed by atoms with Gasteiger partial charge in [0, 0.05) is 36.7 Å². The first kappa shape index (κ1) is 19.4. The number of aromatic nitrogens is 2. The van der Waals surface area contributed by atoms with E-state index in [1.54, 1.807) is 18.6 Å². The van der Waals surface area contributed by atoms with Crippen molar-refractivity contribution in [1.82, 2.24) is 15.3 Å². The van der Waals surface area contributed by atoms with Crippen molar-refractivity contribution < 1.29 is 4.79 Å². The molecule has 2 atom stereocenters. The van der Waals surface area contributed by atoms with Crippen LogP contribution in [-0.4, -0.2) is 29.0 Å². The van der Waals surface area contributed by atoms with E-state index in [0.717, 1.165) is 36.3 Å². The first-order valence-corrected chi connectivity index (χ1v) is 10.2. The molecule has 0 aliphatic carbocycles. The van der Waals surface area contributed by atoms with Gasteiger partial charge in [-0.25, -0.2) is 4.98 Å². The van der Waals surface area contributed by atoms with Gasteiger partial charge in [-0.15, -0.1) is 0 Å². The van der Waals surface area contributed by atoms with E-state index in [-0.39, 0.29) is 17.9 Å². The number of rotatable bonds is 5. The number of hydrogen-bond donors (Lipinski definition) is 1. The maximum absolute atomic E-state index is 13.2. The van der Waals surface area contributed by atoms with Crippen LogP contribution in [0.4, 0.5) is 5.82 Å². The summed E-state index contributed by atoms with van der Waals surface area (Å²) in [6, 6.07) is 17.0. The highest BCUT2D eigenvalue weighted by molar-refractivity contribution is 6.30. The van der Waals surface area contributed by atoms with Gasteiger partial charge in [0.25, 0.3) is 0 Å². The van der Waals surface area contributed by atoms with E-state index >= 15 is 0 Å². The van der Waals surface area contributed by atoms with Crippen LogP contribution in [0.15, 0.2) is 73.2 Å². The molecule has 0 radical (unpaired) electrons. The maximum Gasteiger partial charge on any atom is 0.225 e. The van der Waals surface area contributed by atoms with Gasteiger partial charge < -0.3 is 10.2 Å². The number of benzene rings is 1. The lowest BCUT2D eigenvalue weighted by Gasteiger charge is -2.33. The average molecular weight is 407 g/mol. The number of hydrogen-bond acceptors (Lipinski definition) is 4. The maximum atomic E-state index is 13.2. The van der Waals surface area contributed by atoms with Crippen LogP contribution in [0.5, 0.6) is 0 Å². The van der Waals surface area contributed by atoms with Gasteiger partial charge in [-0.1, -0.05) is 35.9 Å². The summed E-state index contributed by atoms with van der Waals surface area (Å²) in [6.07, 6.45) is 7.15. The molecular formula is C23H23ClN4O. The summed E-state index contributed by atoms with van der Waals surface area (Å²) in [6.45, 7) is 1.59. The molecule has 4 rings (SSSR count). The highest BCUT2D eigenvalue weighted by Crippen LogP contribution is 2.26. The Morgan fingerprint density at radius 1 is 1.07 bits per heavy atom. The Morgan fingerprint density at radius 3 is 2.66 bits per heavy atom. The van der Waals surface area contributed by atoms with Crippen molar-refractivity contribution in [2.45, 2.75) is 18.9 Å². The molecule has 0 bridgehead atoms. The molecule has 2 aromatic heterocycles. The van der Waals surface area contributed by atoms with E-state index in [0.29, 0.717) is 11.6 Å². The standard InChI is InChI=1S/C23H23ClN4O/c24-20-10-8-17(9-11-20)22(18-5-3-12-25-15-18)27-23(29)19-6-4-14-28(16-19)21-7-1-2-13-26-21/h1-3,5,7-13,15,19,22H,4,6,14,16H2,(H,27,29)/t19-,22+/m1/s1. The van der Waals surface area contributed by atoms with Gasteiger partial charge in [-0.3, -0.25) is 9.78 Å². The Morgan fingerprint density at radius 2 is 1.93 bits per heavy atom. The molecule has 3 heterocycles. The Kier molecular flexibility index (Phi) is 6.06. The Balaban J connectivity index is 1.52. The van der Waals surface area contributed by atoms with Gasteiger partial charge in [0.1, 0.15) is 5.82 Å². The minimum Gasteiger partial charge on any atom is -0.356 e. The Bertz CT molecular complexity index is 934. The van der Waals surface area contributed by atoms with Crippen LogP contribution in [0.25, 0.3) is 0 Å². The summed E-state index contributed by atoms with van der Waals surface area (Å²) in [5, 5.41) is 3.91. The van der Waals surface area contributed by atoms with Crippen LogP contribution in [0, 0.1) is 5.92 Å². The second kappa shape index (κ2) is 9.05. The molecule has 1 saturated heterocycles. The molecule has 1 aromatic carbocycles. The number of pyridine rings is 2. The molecule has 1 amide bonds. The van der Waals surface area contributed by atoms with E-state index < -0.39 is 0 Å². The Labute approximate surface area is 175 Å². The van der Waals surface area contributed by atoms with Crippen molar-refractivity contribution in [3.05, 3.63) is 89.3 Å². The molecule has 0 saturated carbocycles. The van der Waals surface area contributed by atoms with Crippen LogP contribution in [0.2, 0.25) is 5.02 Å². The fourth-order valence-corrected chi connectivity index (χ4v) is 3.89. The molecule has 1 fully saturated rings. The highest BCUT2D eigenvalue weighted by Gasteiger charge is 2.28. The lowest BCUT2D eigenvalue weighted by atomic mass is 9.94. The first-order chi connectivity index (χ1) is 14.2. The zero-order valence-electron chi connectivity index (χ0n) is 16.0. The third-order valence-corrected chi connectivity index (χ3v) is 5.53. The predicted octanol–water partition coefficient (Wildman–Crippen LogP) is 4.25. The second-order valence-electron chi connectivity index (χ2n) is 7.25. The Hall–Kier alpha value is -2.92. The van der Waals surface area contributed by atoms with Gasteiger partial charge in [0.05, 0.1) is 12.0 Å². The number of carbonyl (C=O) groups excluding carboxylic acids is 1. The fraction of sp³-hybridized carbons (Fsp3) is 0.261. The minimum atomic E-state index is -0.265. The fourth-order valence-electron chi connectivity index (χ4n) is 3.76. The van der Waals surface area contributed by atoms with Crippen LogP contribution in [0.1, 0.15) is 30.0 Å². The molecule has 1 aliphatic rings. The van der Waals surface area contributed by atoms with E-state index in [1.807, 2.05) is 54.6 Å². The molecule has 148 valence electrons. The lowest BCUT2D eigenvalue weighted by molar-refractivity contribution is -0.125. The van der Waals surface area contributed by atoms with E-state index in [4.69, 9.17) is 11.6 Å². The SMILES string of the molecule is O=C(N[C@@H](c1ccc(Cl)cc1)c1cccnc1)[C@@H]1CCCN(c2ccccn2)C1. The smallest absolute Gasteiger partial charge is 0.225 e. The summed E-state index contributed by atoms with van der Waals surface area (Å²) in [5.74, 6) is 0.887. The predicted molar refractivity (Wildman–Crippen MR) is 115 cm³/mol. The van der Waals surface area contributed by atoms with E-state index in [1.165, 1.54) is 0 Å². The number of nitrogens with zero attached hydrogens (tertiary/aromatic N) is 3. The monoisotopic (exact) mass is 406 g/mol. The summed E-state index contributed by atoms with van der Waals surface area (Å²) in [5.41, 5.74) is 1.92. The molecule has 29 heavy (non-hydrogen) atoms. The molecule has 0 unspecified atom stereocenters. The number of piperidine rings is 1. The molecule has 3 aromatic rings. The molecule has 5 nitrogen and oxygen atoms in total. The van der Waals surface area contributed by atoms with Crippen molar-refractivity contribution in [2.75, 3.05) is 18.0 Å². The van der Waals surface area contributed by atoms with Crippen LogP contribution >= 0.6 is 11.6 Å². The normalized spacial score (nSPS) is 17.6. The zero-order chi connectivity index (χ0) is 20.1. The number of amides is 1.